The summed E-state index contributed by atoms with van der Waals surface area (Å²) in [4.78, 5) is 31.4. The van der Waals surface area contributed by atoms with Crippen LogP contribution >= 0.6 is 11.3 Å². The number of pyridine rings is 1. The van der Waals surface area contributed by atoms with Crippen molar-refractivity contribution in [3.05, 3.63) is 57.8 Å². The number of aromatic nitrogens is 6. The van der Waals surface area contributed by atoms with E-state index < -0.39 is 18.4 Å². The molecule has 0 amide bonds. The highest BCUT2D eigenvalue weighted by atomic mass is 32.1. The largest absolute Gasteiger partial charge is 0.324 e. The average molecular weight is 470 g/mol. The molecular formula is C22H21F2N7OS. The van der Waals surface area contributed by atoms with Crippen LogP contribution in [0, 0.1) is 19.8 Å². The van der Waals surface area contributed by atoms with E-state index in [2.05, 4.69) is 25.0 Å². The Morgan fingerprint density at radius 1 is 1.15 bits per heavy atom. The van der Waals surface area contributed by atoms with Crippen molar-refractivity contribution in [2.45, 2.75) is 39.3 Å². The van der Waals surface area contributed by atoms with E-state index in [-0.39, 0.29) is 18.6 Å². The SMILES string of the molecule is Cc1nc(C)c(-c2ccc(=O)n(CC3CCN(c4ncnc5ncccc45)C(F)C3F)n2)s1. The molecule has 1 saturated heterocycles. The van der Waals surface area contributed by atoms with Crippen molar-refractivity contribution in [1.82, 2.24) is 29.7 Å². The third-order valence-electron chi connectivity index (χ3n) is 5.82. The number of hydrogen-bond donors (Lipinski definition) is 0. The van der Waals surface area contributed by atoms with E-state index in [1.807, 2.05) is 13.8 Å². The van der Waals surface area contributed by atoms with Crippen molar-refractivity contribution in [2.24, 2.45) is 5.92 Å². The van der Waals surface area contributed by atoms with Crippen LogP contribution in [-0.2, 0) is 6.54 Å². The minimum absolute atomic E-state index is 0.00892. The number of halogens is 2. The Balaban J connectivity index is 1.39. The van der Waals surface area contributed by atoms with Gasteiger partial charge in [-0.2, -0.15) is 5.10 Å². The number of hydrogen-bond acceptors (Lipinski definition) is 8. The normalized spacial score (nSPS) is 21.0. The standard InChI is InChI=1S/C22H21F2N7OS/c1-12-19(33-13(2)28-12)16-5-6-17(32)31(29-16)10-14-7-9-30(20(24)18(14)23)22-15-4-3-8-25-21(15)26-11-27-22/h3-6,8,11,14,18,20H,7,9-10H2,1-2H3. The predicted octanol–water partition coefficient (Wildman–Crippen LogP) is 3.48. The average Bonchev–Trinajstić information content (AvgIpc) is 3.16. The van der Waals surface area contributed by atoms with E-state index in [4.69, 9.17) is 0 Å². The van der Waals surface area contributed by atoms with Gasteiger partial charge < -0.3 is 4.90 Å². The molecule has 0 N–H and O–H groups in total. The molecule has 0 bridgehead atoms. The lowest BCUT2D eigenvalue weighted by molar-refractivity contribution is 0.0653. The smallest absolute Gasteiger partial charge is 0.266 e. The molecule has 1 fully saturated rings. The molecule has 1 aliphatic heterocycles. The molecule has 33 heavy (non-hydrogen) atoms. The van der Waals surface area contributed by atoms with Crippen molar-refractivity contribution in [3.8, 4) is 10.6 Å². The van der Waals surface area contributed by atoms with Gasteiger partial charge in [-0.1, -0.05) is 0 Å². The second-order valence-corrected chi connectivity index (χ2v) is 9.22. The van der Waals surface area contributed by atoms with Crippen LogP contribution in [0.25, 0.3) is 21.6 Å². The van der Waals surface area contributed by atoms with Gasteiger partial charge in [-0.15, -0.1) is 11.3 Å². The molecule has 0 saturated carbocycles. The Kier molecular flexibility index (Phi) is 5.57. The topological polar surface area (TPSA) is 89.7 Å². The molecule has 4 aromatic rings. The van der Waals surface area contributed by atoms with Crippen LogP contribution in [0.3, 0.4) is 0 Å². The summed E-state index contributed by atoms with van der Waals surface area (Å²) in [5.41, 5.74) is 1.49. The maximum absolute atomic E-state index is 15.3. The number of piperidine rings is 1. The lowest BCUT2D eigenvalue weighted by atomic mass is 9.93. The summed E-state index contributed by atoms with van der Waals surface area (Å²) in [6.07, 6.45) is -0.499. The summed E-state index contributed by atoms with van der Waals surface area (Å²) in [5.74, 6) is -0.387. The van der Waals surface area contributed by atoms with Crippen molar-refractivity contribution in [3.63, 3.8) is 0 Å². The minimum atomic E-state index is -1.91. The Labute approximate surface area is 192 Å². The van der Waals surface area contributed by atoms with Crippen molar-refractivity contribution in [2.75, 3.05) is 11.4 Å². The number of thiazole rings is 1. The van der Waals surface area contributed by atoms with E-state index >= 15 is 8.78 Å². The van der Waals surface area contributed by atoms with Crippen LogP contribution in [-0.4, -0.2) is 48.7 Å². The van der Waals surface area contributed by atoms with Gasteiger partial charge in [0.1, 0.15) is 17.8 Å². The fraction of sp³-hybridized carbons (Fsp3) is 0.364. The summed E-state index contributed by atoms with van der Waals surface area (Å²) < 4.78 is 31.8. The highest BCUT2D eigenvalue weighted by molar-refractivity contribution is 7.15. The zero-order chi connectivity index (χ0) is 23.1. The number of rotatable bonds is 4. The first-order valence-corrected chi connectivity index (χ1v) is 11.4. The van der Waals surface area contributed by atoms with Gasteiger partial charge in [0, 0.05) is 24.7 Å². The Morgan fingerprint density at radius 2 is 2.00 bits per heavy atom. The highest BCUT2D eigenvalue weighted by Crippen LogP contribution is 2.34. The van der Waals surface area contributed by atoms with Crippen LogP contribution in [0.2, 0.25) is 0 Å². The molecule has 170 valence electrons. The third-order valence-corrected chi connectivity index (χ3v) is 6.92. The molecule has 0 spiro atoms. The molecule has 0 aliphatic carbocycles. The molecule has 0 aromatic carbocycles. The summed E-state index contributed by atoms with van der Waals surface area (Å²) in [7, 11) is 0. The Bertz CT molecular complexity index is 1370. The maximum Gasteiger partial charge on any atom is 0.266 e. The first kappa shape index (κ1) is 21.5. The minimum Gasteiger partial charge on any atom is -0.324 e. The van der Waals surface area contributed by atoms with Crippen LogP contribution in [0.1, 0.15) is 17.1 Å². The Hall–Kier alpha value is -3.34. The van der Waals surface area contributed by atoms with E-state index in [0.29, 0.717) is 29.0 Å². The second kappa shape index (κ2) is 8.54. The van der Waals surface area contributed by atoms with Crippen LogP contribution < -0.4 is 10.5 Å². The molecule has 3 unspecified atom stereocenters. The molecule has 3 atom stereocenters. The van der Waals surface area contributed by atoms with Crippen molar-refractivity contribution >= 4 is 28.2 Å². The van der Waals surface area contributed by atoms with Gasteiger partial charge in [-0.3, -0.25) is 4.79 Å². The molecule has 1 aliphatic rings. The van der Waals surface area contributed by atoms with E-state index in [0.717, 1.165) is 15.6 Å². The second-order valence-electron chi connectivity index (χ2n) is 8.02. The van der Waals surface area contributed by atoms with Gasteiger partial charge in [0.25, 0.3) is 5.56 Å². The number of nitrogens with zero attached hydrogens (tertiary/aromatic N) is 7. The number of fused-ring (bicyclic) bond motifs is 1. The third kappa shape index (κ3) is 3.97. The lowest BCUT2D eigenvalue weighted by Crippen LogP contribution is -2.50. The van der Waals surface area contributed by atoms with Gasteiger partial charge in [0.05, 0.1) is 27.5 Å². The number of alkyl halides is 2. The van der Waals surface area contributed by atoms with Gasteiger partial charge in [0.15, 0.2) is 11.8 Å². The fourth-order valence-electron chi connectivity index (χ4n) is 4.20. The van der Waals surface area contributed by atoms with Gasteiger partial charge in [-0.05, 0) is 38.5 Å². The number of anilines is 1. The van der Waals surface area contributed by atoms with E-state index in [9.17, 15) is 4.79 Å². The molecule has 8 nitrogen and oxygen atoms in total. The molecule has 5 heterocycles. The zero-order valence-electron chi connectivity index (χ0n) is 18.0. The van der Waals surface area contributed by atoms with Gasteiger partial charge in [-0.25, -0.2) is 33.4 Å². The summed E-state index contributed by atoms with van der Waals surface area (Å²) >= 11 is 1.48. The summed E-state index contributed by atoms with van der Waals surface area (Å²) in [6, 6.07) is 6.49. The maximum atomic E-state index is 15.3. The zero-order valence-corrected chi connectivity index (χ0v) is 18.8. The van der Waals surface area contributed by atoms with Crippen molar-refractivity contribution < 1.29 is 8.78 Å². The van der Waals surface area contributed by atoms with Crippen LogP contribution in [0.5, 0.6) is 0 Å². The van der Waals surface area contributed by atoms with Gasteiger partial charge >= 0.3 is 0 Å². The predicted molar refractivity (Wildman–Crippen MR) is 122 cm³/mol. The monoisotopic (exact) mass is 469 g/mol. The molecule has 0 radical (unpaired) electrons. The molecule has 4 aromatic heterocycles. The quantitative estimate of drug-likeness (QED) is 0.423. The van der Waals surface area contributed by atoms with Crippen LogP contribution in [0.4, 0.5) is 14.6 Å². The summed E-state index contributed by atoms with van der Waals surface area (Å²) in [6.45, 7) is 4.01. The highest BCUT2D eigenvalue weighted by Gasteiger charge is 2.40. The first-order chi connectivity index (χ1) is 15.9. The molecule has 11 heteroatoms. The van der Waals surface area contributed by atoms with E-state index in [1.165, 1.54) is 33.3 Å². The summed E-state index contributed by atoms with van der Waals surface area (Å²) in [5, 5.41) is 5.89. The van der Waals surface area contributed by atoms with Gasteiger partial charge in [0.2, 0.25) is 6.30 Å². The molecule has 5 rings (SSSR count). The lowest BCUT2D eigenvalue weighted by Gasteiger charge is -2.38. The molecular weight excluding hydrogens is 448 g/mol. The Morgan fingerprint density at radius 3 is 2.79 bits per heavy atom. The van der Waals surface area contributed by atoms with Crippen molar-refractivity contribution in [1.29, 1.82) is 0 Å². The van der Waals surface area contributed by atoms with Crippen LogP contribution in [0.15, 0.2) is 41.6 Å². The first-order valence-electron chi connectivity index (χ1n) is 10.6. The fourth-order valence-corrected chi connectivity index (χ4v) is 5.09. The number of aryl methyl sites for hydroxylation is 2. The van der Waals surface area contributed by atoms with E-state index in [1.54, 1.807) is 24.4 Å².